The third kappa shape index (κ3) is 2.18. The van der Waals surface area contributed by atoms with E-state index in [1.54, 1.807) is 12.1 Å². The monoisotopic (exact) mass is 289 g/mol. The van der Waals surface area contributed by atoms with Gasteiger partial charge in [0.2, 0.25) is 0 Å². The summed E-state index contributed by atoms with van der Waals surface area (Å²) in [5.74, 6) is -0.579. The molecule has 0 aliphatic carbocycles. The number of benzene rings is 1. The van der Waals surface area contributed by atoms with Crippen LogP contribution in [0.3, 0.4) is 0 Å². The fourth-order valence-electron chi connectivity index (χ4n) is 1.43. The van der Waals surface area contributed by atoms with Gasteiger partial charge in [-0.1, -0.05) is 34.8 Å². The number of halogens is 3. The number of nitrogens with zero attached hydrogens (tertiary/aromatic N) is 1. The van der Waals surface area contributed by atoms with Gasteiger partial charge in [0.05, 0.1) is 27.7 Å². The molecule has 0 atom stereocenters. The minimum Gasteiger partial charge on any atom is -0.464 e. The topological polar surface area (TPSA) is 39.2 Å². The molecule has 88 valence electrons. The third-order valence-electron chi connectivity index (χ3n) is 2.21. The lowest BCUT2D eigenvalue weighted by atomic mass is 10.2. The highest BCUT2D eigenvalue weighted by Crippen LogP contribution is 2.34. The Morgan fingerprint density at radius 1 is 1.18 bits per heavy atom. The van der Waals surface area contributed by atoms with Gasteiger partial charge in [-0.2, -0.15) is 0 Å². The lowest BCUT2D eigenvalue weighted by Gasteiger charge is -2.06. The predicted octanol–water partition coefficient (Wildman–Crippen LogP) is 3.98. The molecule has 1 aromatic heterocycles. The van der Waals surface area contributed by atoms with Crippen LogP contribution in [0.5, 0.6) is 0 Å². The van der Waals surface area contributed by atoms with E-state index < -0.39 is 5.97 Å². The maximum absolute atomic E-state index is 11.4. The first kappa shape index (κ1) is 12.4. The maximum atomic E-state index is 11.4. The second-order valence-electron chi connectivity index (χ2n) is 3.23. The van der Waals surface area contributed by atoms with Crippen LogP contribution < -0.4 is 0 Å². The molecule has 0 fully saturated rings. The van der Waals surface area contributed by atoms with Gasteiger partial charge in [0.1, 0.15) is 0 Å². The molecule has 0 amide bonds. The Kier molecular flexibility index (Phi) is 3.43. The lowest BCUT2D eigenvalue weighted by molar-refractivity contribution is 0.0594. The third-order valence-corrected chi connectivity index (χ3v) is 3.12. The van der Waals surface area contributed by atoms with Gasteiger partial charge in [-0.05, 0) is 18.2 Å². The zero-order valence-electron chi connectivity index (χ0n) is 8.63. The average molecular weight is 291 g/mol. The second-order valence-corrected chi connectivity index (χ2v) is 4.46. The summed E-state index contributed by atoms with van der Waals surface area (Å²) in [6.45, 7) is 0. The molecule has 6 heteroatoms. The summed E-state index contributed by atoms with van der Waals surface area (Å²) in [5, 5.41) is 1.63. The molecule has 1 aromatic carbocycles. The van der Waals surface area contributed by atoms with E-state index in [1.165, 1.54) is 13.2 Å². The van der Waals surface area contributed by atoms with E-state index in [0.717, 1.165) is 0 Å². The number of esters is 1. The van der Waals surface area contributed by atoms with Gasteiger partial charge in [-0.25, -0.2) is 9.78 Å². The van der Waals surface area contributed by atoms with Crippen molar-refractivity contribution in [3.8, 4) is 0 Å². The fourth-order valence-corrected chi connectivity index (χ4v) is 2.23. The van der Waals surface area contributed by atoms with Crippen LogP contribution in [0, 0.1) is 0 Å². The number of rotatable bonds is 1. The van der Waals surface area contributed by atoms with Gasteiger partial charge in [-0.3, -0.25) is 0 Å². The highest BCUT2D eigenvalue weighted by Gasteiger charge is 2.15. The molecule has 3 nitrogen and oxygen atoms in total. The minimum atomic E-state index is -0.579. The Balaban J connectivity index is 2.82. The molecule has 0 aliphatic heterocycles. The summed E-state index contributed by atoms with van der Waals surface area (Å²) < 4.78 is 4.57. The van der Waals surface area contributed by atoms with E-state index in [1.807, 2.05) is 0 Å². The largest absolute Gasteiger partial charge is 0.464 e. The van der Waals surface area contributed by atoms with Crippen LogP contribution in [0.4, 0.5) is 0 Å². The van der Waals surface area contributed by atoms with Crippen LogP contribution in [-0.4, -0.2) is 18.1 Å². The molecule has 2 rings (SSSR count). The summed E-state index contributed by atoms with van der Waals surface area (Å²) in [5.41, 5.74) is 0.473. The Labute approximate surface area is 112 Å². The number of hydrogen-bond acceptors (Lipinski definition) is 3. The minimum absolute atomic E-state index is 0.0918. The molecule has 1 heterocycles. The van der Waals surface area contributed by atoms with Crippen molar-refractivity contribution in [2.75, 3.05) is 7.11 Å². The van der Waals surface area contributed by atoms with Crippen molar-refractivity contribution in [3.05, 3.63) is 39.0 Å². The number of fused-ring (bicyclic) bond motifs is 1. The van der Waals surface area contributed by atoms with Crippen molar-refractivity contribution in [1.29, 1.82) is 0 Å². The highest BCUT2D eigenvalue weighted by atomic mass is 35.5. The molecular formula is C11H6Cl3NO2. The smallest absolute Gasteiger partial charge is 0.356 e. The van der Waals surface area contributed by atoms with Gasteiger partial charge < -0.3 is 4.74 Å². The zero-order valence-corrected chi connectivity index (χ0v) is 10.9. The molecular weight excluding hydrogens is 284 g/mol. The average Bonchev–Trinajstić information content (AvgIpc) is 2.32. The molecule has 0 bridgehead atoms. The Bertz CT molecular complexity index is 613. The Morgan fingerprint density at radius 3 is 2.47 bits per heavy atom. The maximum Gasteiger partial charge on any atom is 0.356 e. The van der Waals surface area contributed by atoms with Crippen molar-refractivity contribution in [3.63, 3.8) is 0 Å². The van der Waals surface area contributed by atoms with Gasteiger partial charge >= 0.3 is 5.97 Å². The first-order valence-electron chi connectivity index (χ1n) is 4.57. The lowest BCUT2D eigenvalue weighted by Crippen LogP contribution is -2.04. The van der Waals surface area contributed by atoms with Crippen molar-refractivity contribution in [2.24, 2.45) is 0 Å². The number of pyridine rings is 1. The summed E-state index contributed by atoms with van der Waals surface area (Å²) in [6.07, 6.45) is 0. The molecule has 0 radical (unpaired) electrons. The number of hydrogen-bond donors (Lipinski definition) is 0. The van der Waals surface area contributed by atoms with Crippen LogP contribution >= 0.6 is 34.8 Å². The number of methoxy groups -OCH3 is 1. The second kappa shape index (κ2) is 4.69. The van der Waals surface area contributed by atoms with E-state index in [4.69, 9.17) is 34.8 Å². The van der Waals surface area contributed by atoms with Gasteiger partial charge in [-0.15, -0.1) is 0 Å². The van der Waals surface area contributed by atoms with E-state index >= 15 is 0 Å². The summed E-state index contributed by atoms with van der Waals surface area (Å²) in [6, 6.07) is 4.62. The predicted molar refractivity (Wildman–Crippen MR) is 68.1 cm³/mol. The number of aromatic nitrogens is 1. The molecule has 0 saturated carbocycles. The quantitative estimate of drug-likeness (QED) is 0.746. The van der Waals surface area contributed by atoms with Crippen molar-refractivity contribution in [1.82, 2.24) is 4.98 Å². The molecule has 0 unspecified atom stereocenters. The molecule has 0 aliphatic rings. The molecule has 0 spiro atoms. The molecule has 2 aromatic rings. The highest BCUT2D eigenvalue weighted by molar-refractivity contribution is 6.44. The van der Waals surface area contributed by atoms with Gasteiger partial charge in [0.15, 0.2) is 5.69 Å². The van der Waals surface area contributed by atoms with Crippen LogP contribution in [0.2, 0.25) is 15.1 Å². The van der Waals surface area contributed by atoms with Crippen molar-refractivity contribution < 1.29 is 9.53 Å². The zero-order chi connectivity index (χ0) is 12.6. The van der Waals surface area contributed by atoms with Crippen LogP contribution in [0.25, 0.3) is 10.9 Å². The Morgan fingerprint density at radius 2 is 1.82 bits per heavy atom. The van der Waals surface area contributed by atoms with Gasteiger partial charge in [0, 0.05) is 5.39 Å². The van der Waals surface area contributed by atoms with Crippen LogP contribution in [0.1, 0.15) is 10.5 Å². The first-order valence-corrected chi connectivity index (χ1v) is 5.70. The molecule has 0 N–H and O–H groups in total. The van der Waals surface area contributed by atoms with E-state index in [-0.39, 0.29) is 5.69 Å². The van der Waals surface area contributed by atoms with Crippen molar-refractivity contribution in [2.45, 2.75) is 0 Å². The summed E-state index contributed by atoms with van der Waals surface area (Å²) >= 11 is 18.0. The molecule has 0 saturated heterocycles. The van der Waals surface area contributed by atoms with Crippen molar-refractivity contribution >= 4 is 51.7 Å². The summed E-state index contributed by atoms with van der Waals surface area (Å²) in [7, 11) is 1.27. The van der Waals surface area contributed by atoms with Crippen LogP contribution in [0.15, 0.2) is 18.2 Å². The number of carbonyl (C=O) groups is 1. The van der Waals surface area contributed by atoms with E-state index in [9.17, 15) is 4.79 Å². The number of ether oxygens (including phenoxy) is 1. The SMILES string of the molecule is COC(=O)c1cc(Cl)c2c(Cl)ccc(Cl)c2n1. The van der Waals surface area contributed by atoms with Crippen LogP contribution in [-0.2, 0) is 4.74 Å². The normalized spacial score (nSPS) is 10.6. The Hall–Kier alpha value is -1.03. The first-order chi connectivity index (χ1) is 8.04. The van der Waals surface area contributed by atoms with E-state index in [2.05, 4.69) is 9.72 Å². The standard InChI is InChI=1S/C11H6Cl3NO2/c1-17-11(16)8-4-7(14)9-5(12)2-3-6(13)10(9)15-8/h2-4H,1H3. The summed E-state index contributed by atoms with van der Waals surface area (Å²) in [4.78, 5) is 15.5. The molecule has 17 heavy (non-hydrogen) atoms. The fraction of sp³-hybridized carbons (Fsp3) is 0.0909. The number of carbonyl (C=O) groups excluding carboxylic acids is 1. The van der Waals surface area contributed by atoms with Gasteiger partial charge in [0.25, 0.3) is 0 Å². The van der Waals surface area contributed by atoms with E-state index in [0.29, 0.717) is 26.0 Å².